The molecule has 17 heavy (non-hydrogen) atoms. The van der Waals surface area contributed by atoms with Gasteiger partial charge in [0.2, 0.25) is 0 Å². The first kappa shape index (κ1) is 12.9. The molecular weight excluding hydrogens is 214 g/mol. The fourth-order valence-corrected chi connectivity index (χ4v) is 2.91. The van der Waals surface area contributed by atoms with Gasteiger partial charge in [-0.3, -0.25) is 4.79 Å². The topological polar surface area (TPSA) is 52.3 Å². The standard InChI is InChI=1S/C14H25NO2/c1-11-5-2-3-9-14(11,15)13(16)17-10-8-12-6-4-7-12/h11-12H,2-10,15H2,1H3. The average molecular weight is 239 g/mol. The van der Waals surface area contributed by atoms with Crippen LogP contribution in [0, 0.1) is 11.8 Å². The molecule has 2 saturated carbocycles. The van der Waals surface area contributed by atoms with E-state index in [2.05, 4.69) is 6.92 Å². The monoisotopic (exact) mass is 239 g/mol. The minimum atomic E-state index is -0.710. The molecule has 2 N–H and O–H groups in total. The smallest absolute Gasteiger partial charge is 0.326 e. The molecule has 0 radical (unpaired) electrons. The van der Waals surface area contributed by atoms with Gasteiger partial charge in [-0.1, -0.05) is 39.0 Å². The van der Waals surface area contributed by atoms with Crippen molar-refractivity contribution < 1.29 is 9.53 Å². The van der Waals surface area contributed by atoms with Gasteiger partial charge in [0.05, 0.1) is 6.61 Å². The van der Waals surface area contributed by atoms with Gasteiger partial charge in [0.25, 0.3) is 0 Å². The predicted molar refractivity (Wildman–Crippen MR) is 67.5 cm³/mol. The van der Waals surface area contributed by atoms with Crippen molar-refractivity contribution in [2.75, 3.05) is 6.61 Å². The Bertz CT molecular complexity index is 275. The van der Waals surface area contributed by atoms with Crippen molar-refractivity contribution in [1.82, 2.24) is 0 Å². The van der Waals surface area contributed by atoms with E-state index in [0.29, 0.717) is 6.61 Å². The second-order valence-electron chi connectivity index (χ2n) is 5.91. The van der Waals surface area contributed by atoms with Crippen LogP contribution in [0.3, 0.4) is 0 Å². The predicted octanol–water partition coefficient (Wildman–Crippen LogP) is 2.63. The highest BCUT2D eigenvalue weighted by Gasteiger charge is 2.42. The third kappa shape index (κ3) is 2.82. The molecule has 0 amide bonds. The maximum absolute atomic E-state index is 12.1. The molecule has 3 heteroatoms. The second kappa shape index (κ2) is 5.38. The Morgan fingerprint density at radius 3 is 2.65 bits per heavy atom. The summed E-state index contributed by atoms with van der Waals surface area (Å²) in [7, 11) is 0. The van der Waals surface area contributed by atoms with Crippen molar-refractivity contribution in [3.05, 3.63) is 0 Å². The zero-order valence-corrected chi connectivity index (χ0v) is 10.9. The first-order valence-electron chi connectivity index (χ1n) is 7.09. The van der Waals surface area contributed by atoms with E-state index in [0.717, 1.165) is 31.6 Å². The second-order valence-corrected chi connectivity index (χ2v) is 5.91. The van der Waals surface area contributed by atoms with Crippen molar-refractivity contribution >= 4 is 5.97 Å². The molecule has 2 aliphatic rings. The number of hydrogen-bond acceptors (Lipinski definition) is 3. The fourth-order valence-electron chi connectivity index (χ4n) is 2.91. The van der Waals surface area contributed by atoms with Crippen molar-refractivity contribution in [2.24, 2.45) is 17.6 Å². The third-order valence-corrected chi connectivity index (χ3v) is 4.72. The molecule has 0 aromatic rings. The lowest BCUT2D eigenvalue weighted by molar-refractivity contribution is -0.154. The number of hydrogen-bond donors (Lipinski definition) is 1. The zero-order chi connectivity index (χ0) is 12.3. The average Bonchev–Trinajstić information content (AvgIpc) is 2.25. The van der Waals surface area contributed by atoms with Gasteiger partial charge < -0.3 is 10.5 Å². The minimum Gasteiger partial charge on any atom is -0.464 e. The molecular formula is C14H25NO2. The molecule has 98 valence electrons. The van der Waals surface area contributed by atoms with Crippen LogP contribution in [0.15, 0.2) is 0 Å². The molecule has 2 unspecified atom stereocenters. The molecule has 0 bridgehead atoms. The number of esters is 1. The lowest BCUT2D eigenvalue weighted by Gasteiger charge is -2.37. The summed E-state index contributed by atoms with van der Waals surface area (Å²) >= 11 is 0. The molecule has 0 aromatic heterocycles. The summed E-state index contributed by atoms with van der Waals surface area (Å²) < 4.78 is 5.40. The third-order valence-electron chi connectivity index (χ3n) is 4.72. The molecule has 0 aliphatic heterocycles. The molecule has 3 nitrogen and oxygen atoms in total. The van der Waals surface area contributed by atoms with E-state index in [1.165, 1.54) is 25.7 Å². The van der Waals surface area contributed by atoms with Crippen LogP contribution in [-0.2, 0) is 9.53 Å². The number of carbonyl (C=O) groups excluding carboxylic acids is 1. The van der Waals surface area contributed by atoms with Gasteiger partial charge in [-0.15, -0.1) is 0 Å². The SMILES string of the molecule is CC1CCCCC1(N)C(=O)OCCC1CCC1. The number of carbonyl (C=O) groups is 1. The summed E-state index contributed by atoms with van der Waals surface area (Å²) in [6, 6.07) is 0. The van der Waals surface area contributed by atoms with Gasteiger partial charge in [-0.05, 0) is 31.1 Å². The van der Waals surface area contributed by atoms with Crippen LogP contribution in [0.4, 0.5) is 0 Å². The van der Waals surface area contributed by atoms with E-state index in [9.17, 15) is 4.79 Å². The summed E-state index contributed by atoms with van der Waals surface area (Å²) in [4.78, 5) is 12.1. The van der Waals surface area contributed by atoms with Crippen LogP contribution in [0.1, 0.15) is 58.3 Å². The lowest BCUT2D eigenvalue weighted by atomic mass is 9.74. The van der Waals surface area contributed by atoms with Crippen LogP contribution < -0.4 is 5.73 Å². The molecule has 2 atom stereocenters. The number of nitrogens with two attached hydrogens (primary N) is 1. The van der Waals surface area contributed by atoms with Crippen LogP contribution in [0.25, 0.3) is 0 Å². The molecule has 2 aliphatic carbocycles. The zero-order valence-electron chi connectivity index (χ0n) is 10.9. The Morgan fingerprint density at radius 1 is 1.29 bits per heavy atom. The van der Waals surface area contributed by atoms with Crippen LogP contribution in [0.2, 0.25) is 0 Å². The Labute approximate surface area is 104 Å². The van der Waals surface area contributed by atoms with Gasteiger partial charge in [0.15, 0.2) is 0 Å². The van der Waals surface area contributed by atoms with Gasteiger partial charge in [0.1, 0.15) is 5.54 Å². The molecule has 0 aromatic carbocycles. The summed E-state index contributed by atoms with van der Waals surface area (Å²) in [5.41, 5.74) is 5.52. The van der Waals surface area contributed by atoms with E-state index >= 15 is 0 Å². The van der Waals surface area contributed by atoms with Crippen molar-refractivity contribution in [3.8, 4) is 0 Å². The molecule has 0 heterocycles. The van der Waals surface area contributed by atoms with Gasteiger partial charge in [-0.2, -0.15) is 0 Å². The lowest BCUT2D eigenvalue weighted by Crippen LogP contribution is -2.55. The maximum atomic E-state index is 12.1. The summed E-state index contributed by atoms with van der Waals surface area (Å²) in [5.74, 6) is 0.886. The van der Waals surface area contributed by atoms with Gasteiger partial charge in [-0.25, -0.2) is 0 Å². The highest BCUT2D eigenvalue weighted by Crippen LogP contribution is 2.33. The summed E-state index contributed by atoms with van der Waals surface area (Å²) in [6.45, 7) is 2.64. The van der Waals surface area contributed by atoms with E-state index < -0.39 is 5.54 Å². The fraction of sp³-hybridized carbons (Fsp3) is 0.929. The maximum Gasteiger partial charge on any atom is 0.326 e. The van der Waals surface area contributed by atoms with E-state index in [1.807, 2.05) is 0 Å². The normalized spacial score (nSPS) is 34.1. The van der Waals surface area contributed by atoms with E-state index in [-0.39, 0.29) is 11.9 Å². The highest BCUT2D eigenvalue weighted by atomic mass is 16.5. The van der Waals surface area contributed by atoms with Crippen molar-refractivity contribution in [2.45, 2.75) is 63.8 Å². The number of rotatable bonds is 4. The highest BCUT2D eigenvalue weighted by molar-refractivity contribution is 5.81. The molecule has 2 fully saturated rings. The molecule has 0 spiro atoms. The van der Waals surface area contributed by atoms with Crippen LogP contribution >= 0.6 is 0 Å². The largest absolute Gasteiger partial charge is 0.464 e. The Kier molecular flexibility index (Phi) is 4.08. The Hall–Kier alpha value is -0.570. The first-order valence-corrected chi connectivity index (χ1v) is 7.09. The van der Waals surface area contributed by atoms with Crippen LogP contribution in [-0.4, -0.2) is 18.1 Å². The molecule has 2 rings (SSSR count). The van der Waals surface area contributed by atoms with E-state index in [1.54, 1.807) is 0 Å². The minimum absolute atomic E-state index is 0.163. The van der Waals surface area contributed by atoms with Crippen LogP contribution in [0.5, 0.6) is 0 Å². The Morgan fingerprint density at radius 2 is 2.06 bits per heavy atom. The van der Waals surface area contributed by atoms with Gasteiger partial charge in [0, 0.05) is 0 Å². The Balaban J connectivity index is 1.76. The first-order chi connectivity index (χ1) is 8.13. The summed E-state index contributed by atoms with van der Waals surface area (Å²) in [6.07, 6.45) is 9.06. The number of ether oxygens (including phenoxy) is 1. The van der Waals surface area contributed by atoms with Crippen molar-refractivity contribution in [1.29, 1.82) is 0 Å². The van der Waals surface area contributed by atoms with Gasteiger partial charge >= 0.3 is 5.97 Å². The quantitative estimate of drug-likeness (QED) is 0.767. The summed E-state index contributed by atoms with van der Waals surface area (Å²) in [5, 5.41) is 0. The molecule has 0 saturated heterocycles. The van der Waals surface area contributed by atoms with E-state index in [4.69, 9.17) is 10.5 Å². The van der Waals surface area contributed by atoms with Crippen molar-refractivity contribution in [3.63, 3.8) is 0 Å².